The first-order chi connectivity index (χ1) is 12.4. The Morgan fingerprint density at radius 3 is 2.42 bits per heavy atom. The van der Waals surface area contributed by atoms with E-state index in [0.29, 0.717) is 0 Å². The molecule has 3 aromatic rings. The van der Waals surface area contributed by atoms with Crippen molar-refractivity contribution >= 4 is 34.5 Å². The van der Waals surface area contributed by atoms with Crippen LogP contribution in [0.2, 0.25) is 0 Å². The first kappa shape index (κ1) is 16.6. The molecule has 5 heteroatoms. The van der Waals surface area contributed by atoms with E-state index in [4.69, 9.17) is 27.9 Å². The van der Waals surface area contributed by atoms with Crippen LogP contribution in [-0.2, 0) is 5.60 Å². The molecular formula is C21H15Cl2FOS. The predicted molar refractivity (Wildman–Crippen MR) is 104 cm³/mol. The molecule has 1 aliphatic heterocycles. The number of alkyl halides is 2. The van der Waals surface area contributed by atoms with Gasteiger partial charge < -0.3 is 4.74 Å². The molecule has 1 nitrogen and oxygen atoms in total. The Balaban J connectivity index is 1.79. The van der Waals surface area contributed by atoms with Crippen molar-refractivity contribution in [3.05, 3.63) is 87.9 Å². The number of rotatable bonds is 2. The topological polar surface area (TPSA) is 9.23 Å². The van der Waals surface area contributed by atoms with E-state index in [2.05, 4.69) is 6.92 Å². The van der Waals surface area contributed by atoms with Crippen molar-refractivity contribution in [2.24, 2.45) is 5.41 Å². The lowest BCUT2D eigenvalue weighted by molar-refractivity contribution is 0.105. The molecule has 0 radical (unpaired) electrons. The molecule has 2 heterocycles. The lowest BCUT2D eigenvalue weighted by atomic mass is 9.75. The van der Waals surface area contributed by atoms with Crippen molar-refractivity contribution in [3.8, 4) is 5.75 Å². The summed E-state index contributed by atoms with van der Waals surface area (Å²) in [5, 5.41) is 2.00. The third-order valence-corrected chi connectivity index (χ3v) is 8.19. The van der Waals surface area contributed by atoms with E-state index < -0.39 is 15.3 Å². The molecule has 0 bridgehead atoms. The Kier molecular flexibility index (Phi) is 3.35. The highest BCUT2D eigenvalue weighted by atomic mass is 35.5. The van der Waals surface area contributed by atoms with Gasteiger partial charge in [-0.2, -0.15) is 0 Å². The average molecular weight is 405 g/mol. The van der Waals surface area contributed by atoms with Crippen LogP contribution in [0.15, 0.2) is 66.0 Å². The third-order valence-electron chi connectivity index (χ3n) is 5.91. The zero-order valence-corrected chi connectivity index (χ0v) is 16.2. The van der Waals surface area contributed by atoms with Crippen molar-refractivity contribution in [1.29, 1.82) is 0 Å². The molecule has 1 fully saturated rings. The Morgan fingerprint density at radius 2 is 1.73 bits per heavy atom. The Morgan fingerprint density at radius 1 is 1.00 bits per heavy atom. The van der Waals surface area contributed by atoms with Gasteiger partial charge >= 0.3 is 0 Å². The van der Waals surface area contributed by atoms with Gasteiger partial charge in [0.2, 0.25) is 0 Å². The van der Waals surface area contributed by atoms with E-state index in [0.717, 1.165) is 21.8 Å². The van der Waals surface area contributed by atoms with Gasteiger partial charge in [-0.25, -0.2) is 4.39 Å². The second-order valence-electron chi connectivity index (χ2n) is 7.06. The van der Waals surface area contributed by atoms with Crippen LogP contribution < -0.4 is 4.74 Å². The minimum absolute atomic E-state index is 0.106. The SMILES string of the molecule is C[C@@]12[C@@H](c3ccc(F)cc3)c3ccccc3O[C@]1(c1cccs1)C2(Cl)Cl. The molecule has 2 aliphatic rings. The van der Waals surface area contributed by atoms with Crippen LogP contribution in [0.25, 0.3) is 0 Å². The highest BCUT2D eigenvalue weighted by Crippen LogP contribution is 2.85. The largest absolute Gasteiger partial charge is 0.477 e. The fourth-order valence-corrected chi connectivity index (χ4v) is 6.78. The highest BCUT2D eigenvalue weighted by Gasteiger charge is 2.92. The Hall–Kier alpha value is -1.55. The number of benzene rings is 2. The van der Waals surface area contributed by atoms with Crippen LogP contribution in [0.5, 0.6) is 5.75 Å². The van der Waals surface area contributed by atoms with Gasteiger partial charge in [-0.1, -0.05) is 66.5 Å². The van der Waals surface area contributed by atoms with Gasteiger partial charge in [0.25, 0.3) is 0 Å². The van der Waals surface area contributed by atoms with Crippen molar-refractivity contribution in [2.75, 3.05) is 0 Å². The standard InChI is InChI=1S/C21H15Cl2FOS/c1-19-18(13-8-10-14(24)11-9-13)15-5-2-3-6-16(15)25-20(19,21(19,22)23)17-7-4-12-26-17/h2-12,18H,1H3/t18-,19+,20-/m0/s1. The Labute approximate surface area is 165 Å². The zero-order chi connectivity index (χ0) is 18.2. The Bertz CT molecular complexity index is 986. The number of ether oxygens (including phenoxy) is 1. The maximum atomic E-state index is 13.5. The number of halogens is 3. The number of fused-ring (bicyclic) bond motifs is 2. The first-order valence-electron chi connectivity index (χ1n) is 8.39. The molecule has 0 saturated heterocycles. The van der Waals surface area contributed by atoms with Crippen molar-refractivity contribution in [3.63, 3.8) is 0 Å². The summed E-state index contributed by atoms with van der Waals surface area (Å²) in [6, 6.07) is 18.5. The second-order valence-corrected chi connectivity index (χ2v) is 9.33. The van der Waals surface area contributed by atoms with Gasteiger partial charge in [0.1, 0.15) is 11.6 Å². The van der Waals surface area contributed by atoms with Crippen LogP contribution in [-0.4, -0.2) is 4.33 Å². The molecule has 26 heavy (non-hydrogen) atoms. The summed E-state index contributed by atoms with van der Waals surface area (Å²) in [6.45, 7) is 2.07. The number of hydrogen-bond acceptors (Lipinski definition) is 2. The quantitative estimate of drug-likeness (QED) is 0.442. The third kappa shape index (κ3) is 1.77. The van der Waals surface area contributed by atoms with Crippen LogP contribution in [0, 0.1) is 11.2 Å². The van der Waals surface area contributed by atoms with E-state index in [1.54, 1.807) is 11.3 Å². The summed E-state index contributed by atoms with van der Waals surface area (Å²) >= 11 is 15.5. The van der Waals surface area contributed by atoms with Gasteiger partial charge in [0.15, 0.2) is 9.93 Å². The minimum atomic E-state index is -1.11. The van der Waals surface area contributed by atoms with E-state index in [-0.39, 0.29) is 11.7 Å². The van der Waals surface area contributed by atoms with Gasteiger partial charge in [-0.15, -0.1) is 11.3 Å². The number of hydrogen-bond donors (Lipinski definition) is 0. The number of thiophene rings is 1. The van der Waals surface area contributed by atoms with Crippen molar-refractivity contribution < 1.29 is 9.13 Å². The van der Waals surface area contributed by atoms with Gasteiger partial charge in [0, 0.05) is 11.5 Å². The minimum Gasteiger partial charge on any atom is -0.477 e. The van der Waals surface area contributed by atoms with E-state index in [1.165, 1.54) is 12.1 Å². The van der Waals surface area contributed by atoms with Crippen LogP contribution in [0.1, 0.15) is 28.8 Å². The molecule has 0 spiro atoms. The fourth-order valence-electron chi connectivity index (χ4n) is 4.57. The summed E-state index contributed by atoms with van der Waals surface area (Å²) < 4.78 is 18.9. The molecule has 2 aromatic carbocycles. The van der Waals surface area contributed by atoms with Gasteiger partial charge in [-0.05, 0) is 35.2 Å². The molecular weight excluding hydrogens is 390 g/mol. The monoisotopic (exact) mass is 404 g/mol. The fraction of sp³-hybridized carbons (Fsp3) is 0.238. The maximum Gasteiger partial charge on any atom is 0.186 e. The smallest absolute Gasteiger partial charge is 0.186 e. The molecule has 1 saturated carbocycles. The van der Waals surface area contributed by atoms with Crippen LogP contribution in [0.4, 0.5) is 4.39 Å². The van der Waals surface area contributed by atoms with Crippen molar-refractivity contribution in [2.45, 2.75) is 22.8 Å². The first-order valence-corrected chi connectivity index (χ1v) is 10.0. The highest BCUT2D eigenvalue weighted by molar-refractivity contribution is 7.10. The molecule has 5 rings (SSSR count). The molecule has 1 aliphatic carbocycles. The molecule has 1 aromatic heterocycles. The predicted octanol–water partition coefficient (Wildman–Crippen LogP) is 6.50. The lowest BCUT2D eigenvalue weighted by Gasteiger charge is -2.36. The average Bonchev–Trinajstić information content (AvgIpc) is 3.02. The summed E-state index contributed by atoms with van der Waals surface area (Å²) in [4.78, 5) is 1.01. The molecule has 132 valence electrons. The zero-order valence-electron chi connectivity index (χ0n) is 13.9. The molecule has 0 N–H and O–H groups in total. The van der Waals surface area contributed by atoms with E-state index in [1.807, 2.05) is 53.9 Å². The molecule has 3 atom stereocenters. The summed E-state index contributed by atoms with van der Waals surface area (Å²) in [6.07, 6.45) is 0. The molecule has 0 amide bonds. The van der Waals surface area contributed by atoms with Gasteiger partial charge in [0.05, 0.1) is 10.3 Å². The summed E-state index contributed by atoms with van der Waals surface area (Å²) in [7, 11) is 0. The normalized spacial score (nSPS) is 30.8. The maximum absolute atomic E-state index is 13.5. The van der Waals surface area contributed by atoms with Crippen LogP contribution >= 0.6 is 34.5 Å². The summed E-state index contributed by atoms with van der Waals surface area (Å²) in [5.74, 6) is 0.406. The van der Waals surface area contributed by atoms with E-state index in [9.17, 15) is 4.39 Å². The van der Waals surface area contributed by atoms with Crippen LogP contribution in [0.3, 0.4) is 0 Å². The summed E-state index contributed by atoms with van der Waals surface area (Å²) in [5.41, 5.74) is 0.593. The van der Waals surface area contributed by atoms with Crippen molar-refractivity contribution in [1.82, 2.24) is 0 Å². The lowest BCUT2D eigenvalue weighted by Crippen LogP contribution is -2.32. The molecule has 0 unspecified atom stereocenters. The van der Waals surface area contributed by atoms with Gasteiger partial charge in [-0.3, -0.25) is 0 Å². The van der Waals surface area contributed by atoms with E-state index >= 15 is 0 Å². The number of para-hydroxylation sites is 1. The second kappa shape index (κ2) is 5.25.